The highest BCUT2D eigenvalue weighted by atomic mass is 16.5. The number of aryl methyl sites for hydroxylation is 1. The van der Waals surface area contributed by atoms with E-state index in [0.717, 1.165) is 81.1 Å². The Morgan fingerprint density at radius 2 is 1.76 bits per heavy atom. The van der Waals surface area contributed by atoms with E-state index in [2.05, 4.69) is 10.2 Å². The molecule has 5 aliphatic carbocycles. The monoisotopic (exact) mass is 450 g/mol. The normalized spacial score (nSPS) is 42.5. The molecule has 2 heterocycles. The smallest absolute Gasteiger partial charge is 0.318 e. The molecule has 6 bridgehead atoms. The number of carbonyl (C=O) groups excluding carboxylic acids is 2. The quantitative estimate of drug-likeness (QED) is 0.734. The van der Waals surface area contributed by atoms with Gasteiger partial charge in [-0.15, -0.1) is 0 Å². The molecule has 6 fully saturated rings. The van der Waals surface area contributed by atoms with Crippen LogP contribution in [0.2, 0.25) is 0 Å². The molecule has 4 unspecified atom stereocenters. The van der Waals surface area contributed by atoms with Crippen LogP contribution in [0.1, 0.15) is 80.1 Å². The molecule has 2 aliphatic heterocycles. The minimum atomic E-state index is -0.467. The number of carbonyl (C=O) groups is 2. The highest BCUT2D eigenvalue weighted by Crippen LogP contribution is 2.55. The zero-order valence-electron chi connectivity index (χ0n) is 19.2. The summed E-state index contributed by atoms with van der Waals surface area (Å²) in [5, 5.41) is 14.3. The Morgan fingerprint density at radius 1 is 1.03 bits per heavy atom. The van der Waals surface area contributed by atoms with Crippen molar-refractivity contribution in [2.75, 3.05) is 0 Å². The van der Waals surface area contributed by atoms with Crippen molar-refractivity contribution in [3.8, 4) is 5.75 Å². The van der Waals surface area contributed by atoms with Gasteiger partial charge < -0.3 is 20.1 Å². The van der Waals surface area contributed by atoms with Crippen LogP contribution >= 0.6 is 0 Å². The van der Waals surface area contributed by atoms with Crippen LogP contribution in [0.25, 0.3) is 0 Å². The predicted octanol–water partition coefficient (Wildman–Crippen LogP) is 3.84. The highest BCUT2D eigenvalue weighted by Gasteiger charge is 2.55. The van der Waals surface area contributed by atoms with Gasteiger partial charge in [-0.1, -0.05) is 12.1 Å². The predicted molar refractivity (Wildman–Crippen MR) is 122 cm³/mol. The Morgan fingerprint density at radius 3 is 2.45 bits per heavy atom. The molecule has 1 aromatic rings. The molecular weight excluding hydrogens is 416 g/mol. The Labute approximate surface area is 195 Å². The van der Waals surface area contributed by atoms with E-state index < -0.39 is 5.60 Å². The number of Topliss-reactive ketones (excluding diaryl/α,β-unsaturated/α-hetero) is 1. The molecule has 6 nitrogen and oxygen atoms in total. The van der Waals surface area contributed by atoms with Gasteiger partial charge in [-0.25, -0.2) is 4.79 Å². The van der Waals surface area contributed by atoms with Crippen molar-refractivity contribution in [2.24, 2.45) is 17.8 Å². The first-order chi connectivity index (χ1) is 16.0. The molecule has 0 radical (unpaired) electrons. The van der Waals surface area contributed by atoms with Gasteiger partial charge in [-0.2, -0.15) is 0 Å². The summed E-state index contributed by atoms with van der Waals surface area (Å²) in [4.78, 5) is 27.9. The third kappa shape index (κ3) is 3.23. The summed E-state index contributed by atoms with van der Waals surface area (Å²) in [6.45, 7) is 0. The van der Waals surface area contributed by atoms with Gasteiger partial charge in [0.15, 0.2) is 5.78 Å². The Hall–Kier alpha value is -2.08. The van der Waals surface area contributed by atoms with Crippen molar-refractivity contribution in [3.63, 3.8) is 0 Å². The molecule has 1 aromatic carbocycles. The largest absolute Gasteiger partial charge is 0.490 e. The molecule has 2 saturated heterocycles. The number of ketones is 1. The lowest BCUT2D eigenvalue weighted by atomic mass is 9.52. The van der Waals surface area contributed by atoms with Gasteiger partial charge >= 0.3 is 6.03 Å². The topological polar surface area (TPSA) is 78.9 Å². The zero-order chi connectivity index (χ0) is 22.3. The van der Waals surface area contributed by atoms with Gasteiger partial charge in [0.1, 0.15) is 11.9 Å². The second kappa shape index (κ2) is 7.21. The number of aliphatic hydroxyl groups is 1. The molecule has 2 amide bonds. The number of benzene rings is 1. The van der Waals surface area contributed by atoms with E-state index in [4.69, 9.17) is 4.74 Å². The molecule has 6 heteroatoms. The summed E-state index contributed by atoms with van der Waals surface area (Å²) < 4.78 is 6.41. The minimum absolute atomic E-state index is 0.0573. The van der Waals surface area contributed by atoms with Gasteiger partial charge in [-0.05, 0) is 80.8 Å². The number of ether oxygens (including phenoxy) is 1. The van der Waals surface area contributed by atoms with Crippen LogP contribution in [0.15, 0.2) is 18.2 Å². The summed E-state index contributed by atoms with van der Waals surface area (Å²) >= 11 is 0. The number of amides is 2. The molecule has 0 spiro atoms. The third-order valence-electron chi connectivity index (χ3n) is 9.76. The number of nitrogens with one attached hydrogen (secondary N) is 1. The SMILES string of the molecule is O=C1CCc2cccc(OC3CC4CC[C@@H](C3)N4C(=O)NC3C4CC5CC3CC(O)(C5)C4)c21. The summed E-state index contributed by atoms with van der Waals surface area (Å²) in [6, 6.07) is 6.70. The van der Waals surface area contributed by atoms with Crippen molar-refractivity contribution >= 4 is 11.8 Å². The number of nitrogens with zero attached hydrogens (tertiary/aromatic N) is 1. The first-order valence-electron chi connectivity index (χ1n) is 13.1. The number of fused-ring (bicyclic) bond motifs is 3. The Bertz CT molecular complexity index is 978. The number of hydrogen-bond donors (Lipinski definition) is 2. The van der Waals surface area contributed by atoms with E-state index >= 15 is 0 Å². The van der Waals surface area contributed by atoms with E-state index in [-0.39, 0.29) is 36.0 Å². The van der Waals surface area contributed by atoms with Gasteiger partial charge in [0.25, 0.3) is 0 Å². The number of rotatable bonds is 3. The molecule has 176 valence electrons. The fourth-order valence-electron chi connectivity index (χ4n) is 8.74. The van der Waals surface area contributed by atoms with Crippen molar-refractivity contribution in [3.05, 3.63) is 29.3 Å². The first kappa shape index (κ1) is 20.3. The Balaban J connectivity index is 1.03. The van der Waals surface area contributed by atoms with Crippen LogP contribution in [-0.4, -0.2) is 51.7 Å². The molecule has 8 rings (SSSR count). The molecule has 7 aliphatic rings. The molecule has 2 N–H and O–H groups in total. The lowest BCUT2D eigenvalue weighted by molar-refractivity contribution is -0.137. The van der Waals surface area contributed by atoms with Gasteiger partial charge in [0.2, 0.25) is 0 Å². The van der Waals surface area contributed by atoms with Gasteiger partial charge in [0.05, 0.1) is 11.2 Å². The molecule has 5 atom stereocenters. The van der Waals surface area contributed by atoms with Crippen LogP contribution in [0, 0.1) is 17.8 Å². The second-order valence-corrected chi connectivity index (χ2v) is 11.9. The number of hydrogen-bond acceptors (Lipinski definition) is 4. The summed E-state index contributed by atoms with van der Waals surface area (Å²) in [6.07, 6.45) is 10.2. The molecule has 0 aromatic heterocycles. The van der Waals surface area contributed by atoms with Gasteiger partial charge in [-0.3, -0.25) is 4.79 Å². The van der Waals surface area contributed by atoms with E-state index in [9.17, 15) is 14.7 Å². The maximum atomic E-state index is 13.5. The minimum Gasteiger partial charge on any atom is -0.490 e. The Kier molecular flexibility index (Phi) is 4.44. The first-order valence-corrected chi connectivity index (χ1v) is 13.1. The van der Waals surface area contributed by atoms with Gasteiger partial charge in [0, 0.05) is 37.4 Å². The molecule has 4 saturated carbocycles. The van der Waals surface area contributed by atoms with E-state index in [1.807, 2.05) is 18.2 Å². The second-order valence-electron chi connectivity index (χ2n) is 11.9. The number of urea groups is 1. The van der Waals surface area contributed by atoms with Crippen molar-refractivity contribution in [1.82, 2.24) is 10.2 Å². The average molecular weight is 451 g/mol. The van der Waals surface area contributed by atoms with Crippen LogP contribution in [0.4, 0.5) is 4.79 Å². The highest BCUT2D eigenvalue weighted by molar-refractivity contribution is 6.02. The summed E-state index contributed by atoms with van der Waals surface area (Å²) in [5.41, 5.74) is 1.43. The number of piperidine rings is 1. The zero-order valence-corrected chi connectivity index (χ0v) is 19.2. The fourth-order valence-corrected chi connectivity index (χ4v) is 8.74. The lowest BCUT2D eigenvalue weighted by Gasteiger charge is -2.58. The summed E-state index contributed by atoms with van der Waals surface area (Å²) in [5.74, 6) is 2.45. The maximum Gasteiger partial charge on any atom is 0.318 e. The fraction of sp³-hybridized carbons (Fsp3) is 0.704. The maximum absolute atomic E-state index is 13.5. The van der Waals surface area contributed by atoms with Crippen LogP contribution in [-0.2, 0) is 6.42 Å². The third-order valence-corrected chi connectivity index (χ3v) is 9.76. The molecular formula is C27H34N2O4. The average Bonchev–Trinajstić information content (AvgIpc) is 3.27. The standard InChI is InChI=1S/C27H34N2O4/c30-22-7-4-16-2-1-3-23(24(16)22)33-21-10-19-5-6-20(11-21)29(19)26(31)28-25-17-8-15-9-18(25)14-27(32,12-15)13-17/h1-3,15,17-21,25,32H,4-14H2,(H,28,31)/t15?,17?,18?,19-,20?,21?,25?,27?/m0/s1. The summed E-state index contributed by atoms with van der Waals surface area (Å²) in [7, 11) is 0. The lowest BCUT2D eigenvalue weighted by Crippen LogP contribution is -2.64. The van der Waals surface area contributed by atoms with Crippen LogP contribution in [0.3, 0.4) is 0 Å². The van der Waals surface area contributed by atoms with E-state index in [1.165, 1.54) is 0 Å². The van der Waals surface area contributed by atoms with E-state index in [0.29, 0.717) is 24.2 Å². The van der Waals surface area contributed by atoms with E-state index in [1.54, 1.807) is 0 Å². The van der Waals surface area contributed by atoms with Crippen molar-refractivity contribution in [2.45, 2.75) is 100 Å². The van der Waals surface area contributed by atoms with Crippen molar-refractivity contribution < 1.29 is 19.4 Å². The van der Waals surface area contributed by atoms with Crippen LogP contribution in [0.5, 0.6) is 5.75 Å². The van der Waals surface area contributed by atoms with Crippen LogP contribution < -0.4 is 10.1 Å². The molecule has 33 heavy (non-hydrogen) atoms. The van der Waals surface area contributed by atoms with Crippen molar-refractivity contribution in [1.29, 1.82) is 0 Å².